The van der Waals surface area contributed by atoms with Crippen molar-refractivity contribution in [1.29, 1.82) is 0 Å². The highest BCUT2D eigenvalue weighted by molar-refractivity contribution is 6.34. The van der Waals surface area contributed by atoms with Crippen LogP contribution < -0.4 is 4.74 Å². The van der Waals surface area contributed by atoms with Crippen molar-refractivity contribution < 1.29 is 23.5 Å². The van der Waals surface area contributed by atoms with E-state index in [1.165, 1.54) is 6.07 Å². The van der Waals surface area contributed by atoms with Crippen molar-refractivity contribution in [3.05, 3.63) is 63.9 Å². The maximum absolute atomic E-state index is 14.3. The number of likely N-dealkylation sites (tertiary alicyclic amines) is 1. The van der Waals surface area contributed by atoms with Crippen LogP contribution in [-0.2, 0) is 11.3 Å². The van der Waals surface area contributed by atoms with Gasteiger partial charge < -0.3 is 14.4 Å². The topological polar surface area (TPSA) is 59.1 Å². The molecule has 6 nitrogen and oxygen atoms in total. The molecule has 2 aliphatic rings. The van der Waals surface area contributed by atoms with Crippen molar-refractivity contribution in [3.8, 4) is 5.75 Å². The van der Waals surface area contributed by atoms with E-state index in [0.717, 1.165) is 11.3 Å². The Morgan fingerprint density at radius 1 is 1.26 bits per heavy atom. The third-order valence-corrected chi connectivity index (χ3v) is 6.50. The number of hydrogen-bond donors (Lipinski definition) is 0. The fourth-order valence-corrected chi connectivity index (χ4v) is 4.43. The van der Waals surface area contributed by atoms with Crippen molar-refractivity contribution in [2.45, 2.75) is 31.9 Å². The number of amides is 2. The molecule has 164 valence electrons. The number of piperidine rings is 1. The average molecular weight is 447 g/mol. The maximum Gasteiger partial charge on any atom is 0.410 e. The van der Waals surface area contributed by atoms with E-state index in [0.29, 0.717) is 44.6 Å². The van der Waals surface area contributed by atoms with E-state index in [-0.39, 0.29) is 16.7 Å². The molecule has 4 rings (SSSR count). The van der Waals surface area contributed by atoms with Gasteiger partial charge in [-0.25, -0.2) is 9.18 Å². The second-order valence-electron chi connectivity index (χ2n) is 8.10. The van der Waals surface area contributed by atoms with Gasteiger partial charge in [-0.05, 0) is 36.2 Å². The summed E-state index contributed by atoms with van der Waals surface area (Å²) in [6.45, 7) is 3.33. The number of benzene rings is 2. The van der Waals surface area contributed by atoms with Gasteiger partial charge in [0.25, 0.3) is 5.91 Å². The second-order valence-corrected chi connectivity index (χ2v) is 8.48. The zero-order valence-corrected chi connectivity index (χ0v) is 18.2. The molecule has 0 unspecified atom stereocenters. The molecule has 31 heavy (non-hydrogen) atoms. The minimum atomic E-state index is -0.637. The lowest BCUT2D eigenvalue weighted by Crippen LogP contribution is -2.48. The molecule has 8 heteroatoms. The molecule has 2 fully saturated rings. The molecule has 0 aliphatic carbocycles. The molecule has 0 radical (unpaired) electrons. The van der Waals surface area contributed by atoms with Crippen molar-refractivity contribution in [2.75, 3.05) is 26.7 Å². The Morgan fingerprint density at radius 2 is 2.00 bits per heavy atom. The lowest BCUT2D eigenvalue weighted by atomic mass is 9.90. The van der Waals surface area contributed by atoms with E-state index in [1.54, 1.807) is 29.9 Å². The van der Waals surface area contributed by atoms with Crippen LogP contribution >= 0.6 is 11.6 Å². The van der Waals surface area contributed by atoms with Crippen LogP contribution in [0.5, 0.6) is 5.75 Å². The van der Waals surface area contributed by atoms with Gasteiger partial charge in [-0.15, -0.1) is 0 Å². The van der Waals surface area contributed by atoms with E-state index < -0.39 is 17.3 Å². The molecule has 2 aromatic rings. The van der Waals surface area contributed by atoms with Crippen LogP contribution in [0, 0.1) is 12.7 Å². The highest BCUT2D eigenvalue weighted by Gasteiger charge is 2.47. The largest absolute Gasteiger partial charge is 0.497 e. The lowest BCUT2D eigenvalue weighted by molar-refractivity contribution is 0.00302. The van der Waals surface area contributed by atoms with Crippen molar-refractivity contribution in [3.63, 3.8) is 0 Å². The monoisotopic (exact) mass is 446 g/mol. The summed E-state index contributed by atoms with van der Waals surface area (Å²) in [5, 5.41) is 0.141. The minimum absolute atomic E-state index is 0.0966. The molecule has 0 saturated carbocycles. The number of nitrogens with zero attached hydrogens (tertiary/aromatic N) is 2. The van der Waals surface area contributed by atoms with E-state index in [2.05, 4.69) is 0 Å². The summed E-state index contributed by atoms with van der Waals surface area (Å²) in [4.78, 5) is 28.6. The zero-order valence-electron chi connectivity index (χ0n) is 17.5. The molecule has 2 amide bonds. The van der Waals surface area contributed by atoms with Gasteiger partial charge in [0, 0.05) is 32.5 Å². The van der Waals surface area contributed by atoms with Crippen LogP contribution in [0.25, 0.3) is 0 Å². The van der Waals surface area contributed by atoms with Gasteiger partial charge in [0.05, 0.1) is 24.2 Å². The number of ether oxygens (including phenoxy) is 2. The quantitative estimate of drug-likeness (QED) is 0.697. The highest BCUT2D eigenvalue weighted by atomic mass is 35.5. The normalized spacial score (nSPS) is 17.7. The van der Waals surface area contributed by atoms with Gasteiger partial charge in [-0.1, -0.05) is 29.8 Å². The van der Waals surface area contributed by atoms with Crippen LogP contribution in [0.3, 0.4) is 0 Å². The summed E-state index contributed by atoms with van der Waals surface area (Å²) < 4.78 is 25.3. The van der Waals surface area contributed by atoms with Crippen LogP contribution in [-0.4, -0.2) is 54.1 Å². The van der Waals surface area contributed by atoms with Crippen molar-refractivity contribution in [1.82, 2.24) is 9.80 Å². The Morgan fingerprint density at radius 3 is 2.71 bits per heavy atom. The molecule has 0 atom stereocenters. The SMILES string of the molecule is COc1cccc(CN2CC3(CCN(C(=O)c4c(F)ccc(C)c4Cl)CC3)OC2=O)c1. The Labute approximate surface area is 185 Å². The zero-order chi connectivity index (χ0) is 22.2. The number of halogens is 2. The predicted molar refractivity (Wildman–Crippen MR) is 114 cm³/mol. The molecule has 2 saturated heterocycles. The van der Waals surface area contributed by atoms with E-state index in [9.17, 15) is 14.0 Å². The van der Waals surface area contributed by atoms with Gasteiger partial charge in [-0.2, -0.15) is 0 Å². The molecular formula is C23H24ClFN2O4. The van der Waals surface area contributed by atoms with E-state index in [1.807, 2.05) is 24.3 Å². The number of carbonyl (C=O) groups excluding carboxylic acids is 2. The van der Waals surface area contributed by atoms with Crippen LogP contribution in [0.2, 0.25) is 5.02 Å². The molecule has 0 aromatic heterocycles. The van der Waals surface area contributed by atoms with E-state index >= 15 is 0 Å². The first-order chi connectivity index (χ1) is 14.8. The number of rotatable bonds is 4. The van der Waals surface area contributed by atoms with Gasteiger partial charge >= 0.3 is 6.09 Å². The molecule has 2 aliphatic heterocycles. The van der Waals surface area contributed by atoms with Crippen molar-refractivity contribution in [2.24, 2.45) is 0 Å². The maximum atomic E-state index is 14.3. The summed E-state index contributed by atoms with van der Waals surface area (Å²) in [5.41, 5.74) is 0.866. The molecule has 2 aromatic carbocycles. The smallest absolute Gasteiger partial charge is 0.410 e. The molecule has 0 bridgehead atoms. The number of hydrogen-bond acceptors (Lipinski definition) is 4. The summed E-state index contributed by atoms with van der Waals surface area (Å²) in [6.07, 6.45) is 0.615. The highest BCUT2D eigenvalue weighted by Crippen LogP contribution is 2.35. The Hall–Kier alpha value is -2.80. The number of methoxy groups -OCH3 is 1. The van der Waals surface area contributed by atoms with E-state index in [4.69, 9.17) is 21.1 Å². The van der Waals surface area contributed by atoms with Crippen molar-refractivity contribution >= 4 is 23.6 Å². The predicted octanol–water partition coefficient (Wildman–Crippen LogP) is 4.42. The Balaban J connectivity index is 1.42. The summed E-state index contributed by atoms with van der Waals surface area (Å²) in [7, 11) is 1.60. The first kappa shape index (κ1) is 21.4. The lowest BCUT2D eigenvalue weighted by Gasteiger charge is -2.37. The van der Waals surface area contributed by atoms with Gasteiger partial charge in [0.2, 0.25) is 0 Å². The minimum Gasteiger partial charge on any atom is -0.497 e. The standard InChI is InChI=1S/C23H24ClFN2O4/c1-15-6-7-18(25)19(20(15)24)21(28)26-10-8-23(9-11-26)14-27(22(29)31-23)13-16-4-3-5-17(12-16)30-2/h3-7,12H,8-11,13-14H2,1-2H3. The molecule has 2 heterocycles. The summed E-state index contributed by atoms with van der Waals surface area (Å²) in [5.74, 6) is -0.329. The van der Waals surface area contributed by atoms with Gasteiger partial charge in [-0.3, -0.25) is 9.69 Å². The summed E-state index contributed by atoms with van der Waals surface area (Å²) in [6, 6.07) is 10.4. The first-order valence-electron chi connectivity index (χ1n) is 10.2. The fraction of sp³-hybridized carbons (Fsp3) is 0.391. The molecular weight excluding hydrogens is 423 g/mol. The summed E-state index contributed by atoms with van der Waals surface area (Å²) >= 11 is 6.20. The average Bonchev–Trinajstić information content (AvgIpc) is 3.06. The van der Waals surface area contributed by atoms with Crippen LogP contribution in [0.4, 0.5) is 9.18 Å². The third-order valence-electron chi connectivity index (χ3n) is 6.01. The Kier molecular flexibility index (Phi) is 5.79. The fourth-order valence-electron chi connectivity index (χ4n) is 4.19. The number of carbonyl (C=O) groups is 2. The Bertz CT molecular complexity index is 1020. The van der Waals surface area contributed by atoms with Crippen LogP contribution in [0.15, 0.2) is 36.4 Å². The first-order valence-corrected chi connectivity index (χ1v) is 10.5. The molecule has 1 spiro atoms. The molecule has 0 N–H and O–H groups in total. The third kappa shape index (κ3) is 4.19. The van der Waals surface area contributed by atoms with Gasteiger partial charge in [0.15, 0.2) is 0 Å². The van der Waals surface area contributed by atoms with Gasteiger partial charge in [0.1, 0.15) is 17.2 Å². The van der Waals surface area contributed by atoms with Crippen LogP contribution in [0.1, 0.15) is 34.3 Å². The number of aryl methyl sites for hydroxylation is 1. The second kappa shape index (κ2) is 8.38.